The molecule has 1 aromatic heterocycles. The Morgan fingerprint density at radius 3 is 2.50 bits per heavy atom. The summed E-state index contributed by atoms with van der Waals surface area (Å²) in [6, 6.07) is 4.94. The van der Waals surface area contributed by atoms with E-state index in [0.717, 1.165) is 5.92 Å². The summed E-state index contributed by atoms with van der Waals surface area (Å²) in [5, 5.41) is 0. The minimum atomic E-state index is 0.247. The summed E-state index contributed by atoms with van der Waals surface area (Å²) in [7, 11) is 2.21. The smallest absolute Gasteiger partial charge is 0.0562 e. The van der Waals surface area contributed by atoms with Crippen LogP contribution in [0, 0.1) is 5.92 Å². The van der Waals surface area contributed by atoms with Gasteiger partial charge in [0.25, 0.3) is 0 Å². The zero-order valence-corrected chi connectivity index (χ0v) is 12.9. The lowest BCUT2D eigenvalue weighted by atomic mass is 9.95. The zero-order valence-electron chi connectivity index (χ0n) is 12.1. The molecule has 1 heterocycles. The van der Waals surface area contributed by atoms with Crippen LogP contribution >= 0.6 is 11.3 Å². The highest BCUT2D eigenvalue weighted by Gasteiger charge is 2.27. The van der Waals surface area contributed by atoms with Gasteiger partial charge in [-0.1, -0.05) is 20.8 Å². The van der Waals surface area contributed by atoms with Crippen molar-refractivity contribution in [2.45, 2.75) is 45.1 Å². The molecule has 2 nitrogen and oxygen atoms in total. The molecular formula is C15H26N2S. The van der Waals surface area contributed by atoms with Crippen molar-refractivity contribution in [3.8, 4) is 0 Å². The molecule has 1 saturated carbocycles. The molecule has 1 aromatic rings. The summed E-state index contributed by atoms with van der Waals surface area (Å²) >= 11 is 1.93. The Balaban J connectivity index is 2.08. The molecule has 2 rings (SSSR count). The minimum Gasteiger partial charge on any atom is -0.329 e. The summed E-state index contributed by atoms with van der Waals surface area (Å²) in [4.78, 5) is 5.32. The normalized spacial score (nSPS) is 18.3. The number of likely N-dealkylation sites (N-methyl/N-ethyl adjacent to an activating group) is 1. The number of hydrogen-bond acceptors (Lipinski definition) is 3. The maximum absolute atomic E-state index is 5.99. The van der Waals surface area contributed by atoms with E-state index in [0.29, 0.717) is 12.6 Å². The van der Waals surface area contributed by atoms with E-state index < -0.39 is 0 Å². The molecule has 18 heavy (non-hydrogen) atoms. The van der Waals surface area contributed by atoms with Gasteiger partial charge in [-0.05, 0) is 43.4 Å². The third kappa shape index (κ3) is 3.34. The first-order valence-electron chi connectivity index (χ1n) is 6.92. The van der Waals surface area contributed by atoms with Gasteiger partial charge in [0, 0.05) is 22.8 Å². The number of nitrogens with two attached hydrogens (primary N) is 1. The topological polar surface area (TPSA) is 29.3 Å². The van der Waals surface area contributed by atoms with Crippen molar-refractivity contribution in [3.05, 3.63) is 21.9 Å². The Kier molecular flexibility index (Phi) is 4.15. The molecule has 0 aliphatic heterocycles. The summed E-state index contributed by atoms with van der Waals surface area (Å²) in [5.74, 6) is 0.922. The molecule has 0 aromatic carbocycles. The molecule has 0 amide bonds. The summed E-state index contributed by atoms with van der Waals surface area (Å²) in [6.45, 7) is 8.73. The van der Waals surface area contributed by atoms with Gasteiger partial charge >= 0.3 is 0 Å². The van der Waals surface area contributed by atoms with E-state index >= 15 is 0 Å². The number of nitrogens with zero attached hydrogens (tertiary/aromatic N) is 1. The van der Waals surface area contributed by atoms with Crippen LogP contribution in [0.4, 0.5) is 0 Å². The van der Waals surface area contributed by atoms with Crippen molar-refractivity contribution >= 4 is 11.3 Å². The first-order chi connectivity index (χ1) is 8.41. The van der Waals surface area contributed by atoms with E-state index in [1.807, 2.05) is 11.3 Å². The number of rotatable bonds is 5. The van der Waals surface area contributed by atoms with E-state index in [-0.39, 0.29) is 5.41 Å². The van der Waals surface area contributed by atoms with Crippen LogP contribution in [0.5, 0.6) is 0 Å². The average Bonchev–Trinajstić information content (AvgIpc) is 2.93. The van der Waals surface area contributed by atoms with Crippen LogP contribution in [0.25, 0.3) is 0 Å². The Morgan fingerprint density at radius 2 is 2.06 bits per heavy atom. The van der Waals surface area contributed by atoms with Crippen molar-refractivity contribution in [2.24, 2.45) is 11.7 Å². The predicted molar refractivity (Wildman–Crippen MR) is 80.2 cm³/mol. The molecule has 3 heteroatoms. The molecule has 0 spiro atoms. The second-order valence-corrected chi connectivity index (χ2v) is 7.70. The Bertz CT molecular complexity index is 387. The highest BCUT2D eigenvalue weighted by Crippen LogP contribution is 2.36. The number of hydrogen-bond donors (Lipinski definition) is 1. The molecule has 1 unspecified atom stereocenters. The Labute approximate surface area is 115 Å². The second kappa shape index (κ2) is 5.32. The molecule has 1 aliphatic carbocycles. The maximum atomic E-state index is 5.99. The van der Waals surface area contributed by atoms with Gasteiger partial charge in [0.15, 0.2) is 0 Å². The first kappa shape index (κ1) is 14.0. The fraction of sp³-hybridized carbons (Fsp3) is 0.733. The zero-order chi connectivity index (χ0) is 13.3. The Morgan fingerprint density at radius 1 is 1.39 bits per heavy atom. The van der Waals surface area contributed by atoms with E-state index in [4.69, 9.17) is 5.73 Å². The molecule has 0 saturated heterocycles. The molecule has 1 atom stereocenters. The first-order valence-corrected chi connectivity index (χ1v) is 7.74. The van der Waals surface area contributed by atoms with Gasteiger partial charge in [-0.15, -0.1) is 11.3 Å². The third-order valence-corrected chi connectivity index (χ3v) is 5.31. The lowest BCUT2D eigenvalue weighted by Crippen LogP contribution is -2.31. The van der Waals surface area contributed by atoms with Crippen molar-refractivity contribution in [3.63, 3.8) is 0 Å². The van der Waals surface area contributed by atoms with E-state index in [2.05, 4.69) is 44.9 Å². The van der Waals surface area contributed by atoms with Crippen LogP contribution in [-0.4, -0.2) is 25.0 Å². The van der Waals surface area contributed by atoms with Crippen molar-refractivity contribution < 1.29 is 0 Å². The summed E-state index contributed by atoms with van der Waals surface area (Å²) in [6.07, 6.45) is 2.80. The van der Waals surface area contributed by atoms with Crippen LogP contribution in [0.3, 0.4) is 0 Å². The SMILES string of the molecule is CN(CC1CC1)C(CN)c1ccc(C(C)(C)C)s1. The molecule has 1 fully saturated rings. The molecule has 0 radical (unpaired) electrons. The van der Waals surface area contributed by atoms with Gasteiger partial charge < -0.3 is 5.73 Å². The van der Waals surface area contributed by atoms with Gasteiger partial charge in [-0.2, -0.15) is 0 Å². The minimum absolute atomic E-state index is 0.247. The fourth-order valence-corrected chi connectivity index (χ4v) is 3.53. The van der Waals surface area contributed by atoms with Crippen molar-refractivity contribution in [2.75, 3.05) is 20.1 Å². The van der Waals surface area contributed by atoms with Crippen LogP contribution in [0.2, 0.25) is 0 Å². The number of thiophene rings is 1. The molecule has 2 N–H and O–H groups in total. The van der Waals surface area contributed by atoms with E-state index in [9.17, 15) is 0 Å². The summed E-state index contributed by atoms with van der Waals surface area (Å²) < 4.78 is 0. The maximum Gasteiger partial charge on any atom is 0.0562 e. The van der Waals surface area contributed by atoms with Crippen LogP contribution < -0.4 is 5.73 Å². The van der Waals surface area contributed by atoms with Gasteiger partial charge in [0.1, 0.15) is 0 Å². The quantitative estimate of drug-likeness (QED) is 0.885. The lowest BCUT2D eigenvalue weighted by molar-refractivity contribution is 0.243. The molecule has 1 aliphatic rings. The van der Waals surface area contributed by atoms with Gasteiger partial charge in [-0.25, -0.2) is 0 Å². The second-order valence-electron chi connectivity index (χ2n) is 6.59. The largest absolute Gasteiger partial charge is 0.329 e. The lowest BCUT2D eigenvalue weighted by Gasteiger charge is -2.26. The van der Waals surface area contributed by atoms with Crippen LogP contribution in [0.15, 0.2) is 12.1 Å². The van der Waals surface area contributed by atoms with E-state index in [1.165, 1.54) is 29.1 Å². The highest BCUT2D eigenvalue weighted by atomic mass is 32.1. The molecule has 0 bridgehead atoms. The molecular weight excluding hydrogens is 240 g/mol. The van der Waals surface area contributed by atoms with Crippen molar-refractivity contribution in [1.29, 1.82) is 0 Å². The van der Waals surface area contributed by atoms with Gasteiger partial charge in [-0.3, -0.25) is 4.90 Å². The highest BCUT2D eigenvalue weighted by molar-refractivity contribution is 7.12. The van der Waals surface area contributed by atoms with Crippen LogP contribution in [0.1, 0.15) is 49.4 Å². The predicted octanol–water partition coefficient (Wildman–Crippen LogP) is 3.39. The Hall–Kier alpha value is -0.380. The average molecular weight is 266 g/mol. The van der Waals surface area contributed by atoms with Crippen LogP contribution in [-0.2, 0) is 5.41 Å². The van der Waals surface area contributed by atoms with Gasteiger partial charge in [0.05, 0.1) is 6.04 Å². The van der Waals surface area contributed by atoms with E-state index in [1.54, 1.807) is 0 Å². The molecule has 102 valence electrons. The van der Waals surface area contributed by atoms with Gasteiger partial charge in [0.2, 0.25) is 0 Å². The van der Waals surface area contributed by atoms with Crippen molar-refractivity contribution in [1.82, 2.24) is 4.90 Å². The standard InChI is InChI=1S/C15H26N2S/c1-15(2,3)14-8-7-13(18-14)12(9-16)17(4)10-11-5-6-11/h7-8,11-12H,5-6,9-10,16H2,1-4H3. The third-order valence-electron chi connectivity index (χ3n) is 3.69. The summed E-state index contributed by atoms with van der Waals surface area (Å²) in [5.41, 5.74) is 6.23. The monoisotopic (exact) mass is 266 g/mol. The fourth-order valence-electron chi connectivity index (χ4n) is 2.28.